The van der Waals surface area contributed by atoms with Crippen LogP contribution in [0.1, 0.15) is 19.4 Å². The van der Waals surface area contributed by atoms with E-state index in [4.69, 9.17) is 4.74 Å². The van der Waals surface area contributed by atoms with Crippen LogP contribution in [0.3, 0.4) is 0 Å². The smallest absolute Gasteiger partial charge is 0.122 e. The van der Waals surface area contributed by atoms with Crippen LogP contribution in [0.25, 0.3) is 0 Å². The third-order valence-electron chi connectivity index (χ3n) is 3.41. The van der Waals surface area contributed by atoms with Crippen molar-refractivity contribution < 1.29 is 4.74 Å². The molecule has 1 aliphatic heterocycles. The van der Waals surface area contributed by atoms with Crippen molar-refractivity contribution in [1.82, 2.24) is 10.6 Å². The molecule has 3 nitrogen and oxygen atoms in total. The van der Waals surface area contributed by atoms with Gasteiger partial charge in [0.25, 0.3) is 0 Å². The standard InChI is InChI=1S/C15H24N2O/c1-3-16-9-12(2)17-10-13-8-14-6-4-5-7-15(14)18-11-13/h4-7,12-13,16-17H,3,8-11H2,1-2H3. The molecule has 3 heteroatoms. The summed E-state index contributed by atoms with van der Waals surface area (Å²) in [4.78, 5) is 0. The van der Waals surface area contributed by atoms with Gasteiger partial charge < -0.3 is 15.4 Å². The number of hydrogen-bond donors (Lipinski definition) is 2. The molecule has 0 amide bonds. The van der Waals surface area contributed by atoms with E-state index in [0.29, 0.717) is 12.0 Å². The molecule has 1 aromatic carbocycles. The minimum absolute atomic E-state index is 0.516. The van der Waals surface area contributed by atoms with Gasteiger partial charge in [0.15, 0.2) is 0 Å². The molecule has 0 saturated heterocycles. The third-order valence-corrected chi connectivity index (χ3v) is 3.41. The molecule has 0 aliphatic carbocycles. The minimum Gasteiger partial charge on any atom is -0.493 e. The summed E-state index contributed by atoms with van der Waals surface area (Å²) in [7, 11) is 0. The quantitative estimate of drug-likeness (QED) is 0.806. The van der Waals surface area contributed by atoms with E-state index < -0.39 is 0 Å². The van der Waals surface area contributed by atoms with Crippen LogP contribution in [0, 0.1) is 5.92 Å². The Morgan fingerprint density at radius 2 is 2.22 bits per heavy atom. The van der Waals surface area contributed by atoms with E-state index in [1.54, 1.807) is 0 Å². The predicted molar refractivity (Wildman–Crippen MR) is 75.1 cm³/mol. The average molecular weight is 248 g/mol. The van der Waals surface area contributed by atoms with Gasteiger partial charge >= 0.3 is 0 Å². The van der Waals surface area contributed by atoms with E-state index >= 15 is 0 Å². The summed E-state index contributed by atoms with van der Waals surface area (Å²) in [6.07, 6.45) is 1.12. The van der Waals surface area contributed by atoms with Gasteiger partial charge in [-0.3, -0.25) is 0 Å². The Kier molecular flexibility index (Phi) is 5.02. The molecule has 2 N–H and O–H groups in total. The third kappa shape index (κ3) is 3.72. The summed E-state index contributed by atoms with van der Waals surface area (Å²) in [6, 6.07) is 8.88. The van der Waals surface area contributed by atoms with Crippen LogP contribution in [0.4, 0.5) is 0 Å². The van der Waals surface area contributed by atoms with Crippen molar-refractivity contribution in [2.45, 2.75) is 26.3 Å². The van der Waals surface area contributed by atoms with Crippen LogP contribution in [0.5, 0.6) is 5.75 Å². The predicted octanol–water partition coefficient (Wildman–Crippen LogP) is 1.83. The van der Waals surface area contributed by atoms with Crippen molar-refractivity contribution in [3.63, 3.8) is 0 Å². The number of likely N-dealkylation sites (N-methyl/N-ethyl adjacent to an activating group) is 1. The highest BCUT2D eigenvalue weighted by Gasteiger charge is 2.19. The maximum atomic E-state index is 5.79. The number of rotatable bonds is 6. The Hall–Kier alpha value is -1.06. The Morgan fingerprint density at radius 3 is 3.06 bits per heavy atom. The highest BCUT2D eigenvalue weighted by molar-refractivity contribution is 5.35. The summed E-state index contributed by atoms with van der Waals surface area (Å²) in [6.45, 7) is 8.28. The van der Waals surface area contributed by atoms with E-state index in [9.17, 15) is 0 Å². The summed E-state index contributed by atoms with van der Waals surface area (Å²) < 4.78 is 5.79. The monoisotopic (exact) mass is 248 g/mol. The summed E-state index contributed by atoms with van der Waals surface area (Å²) >= 11 is 0. The first-order valence-electron chi connectivity index (χ1n) is 6.94. The second kappa shape index (κ2) is 6.76. The first kappa shape index (κ1) is 13.4. The molecule has 0 saturated carbocycles. The summed E-state index contributed by atoms with van der Waals surface area (Å²) in [5.41, 5.74) is 1.34. The zero-order chi connectivity index (χ0) is 12.8. The lowest BCUT2D eigenvalue weighted by Gasteiger charge is -2.26. The molecule has 100 valence electrons. The molecule has 2 unspecified atom stereocenters. The Balaban J connectivity index is 1.76. The van der Waals surface area contributed by atoms with E-state index in [2.05, 4.69) is 42.7 Å². The van der Waals surface area contributed by atoms with Crippen molar-refractivity contribution in [3.8, 4) is 5.75 Å². The fourth-order valence-corrected chi connectivity index (χ4v) is 2.32. The SMILES string of the molecule is CCNCC(C)NCC1COc2ccccc2C1. The van der Waals surface area contributed by atoms with Crippen molar-refractivity contribution in [2.75, 3.05) is 26.2 Å². The van der Waals surface area contributed by atoms with E-state index in [1.807, 2.05) is 6.07 Å². The van der Waals surface area contributed by atoms with Gasteiger partial charge in [-0.25, -0.2) is 0 Å². The lowest BCUT2D eigenvalue weighted by molar-refractivity contribution is 0.215. The van der Waals surface area contributed by atoms with Crippen LogP contribution >= 0.6 is 0 Å². The van der Waals surface area contributed by atoms with Gasteiger partial charge in [-0.15, -0.1) is 0 Å². The highest BCUT2D eigenvalue weighted by atomic mass is 16.5. The molecule has 2 atom stereocenters. The number of ether oxygens (including phenoxy) is 1. The fraction of sp³-hybridized carbons (Fsp3) is 0.600. The maximum Gasteiger partial charge on any atom is 0.122 e. The van der Waals surface area contributed by atoms with Crippen LogP contribution in [-0.4, -0.2) is 32.3 Å². The first-order chi connectivity index (χ1) is 8.79. The second-order valence-electron chi connectivity index (χ2n) is 5.11. The van der Waals surface area contributed by atoms with Crippen LogP contribution < -0.4 is 15.4 Å². The van der Waals surface area contributed by atoms with Crippen LogP contribution in [0.2, 0.25) is 0 Å². The number of benzene rings is 1. The van der Waals surface area contributed by atoms with Crippen LogP contribution in [0.15, 0.2) is 24.3 Å². The first-order valence-corrected chi connectivity index (χ1v) is 6.94. The fourth-order valence-electron chi connectivity index (χ4n) is 2.32. The van der Waals surface area contributed by atoms with E-state index in [-0.39, 0.29) is 0 Å². The molecular weight excluding hydrogens is 224 g/mol. The zero-order valence-corrected chi connectivity index (χ0v) is 11.4. The Morgan fingerprint density at radius 1 is 1.39 bits per heavy atom. The maximum absolute atomic E-state index is 5.79. The second-order valence-corrected chi connectivity index (χ2v) is 5.11. The molecule has 1 heterocycles. The molecule has 0 spiro atoms. The van der Waals surface area contributed by atoms with Crippen molar-refractivity contribution in [3.05, 3.63) is 29.8 Å². The lowest BCUT2D eigenvalue weighted by Crippen LogP contribution is -2.41. The van der Waals surface area contributed by atoms with Gasteiger partial charge in [0.1, 0.15) is 5.75 Å². The zero-order valence-electron chi connectivity index (χ0n) is 11.4. The number of fused-ring (bicyclic) bond motifs is 1. The van der Waals surface area contributed by atoms with Gasteiger partial charge in [-0.2, -0.15) is 0 Å². The number of hydrogen-bond acceptors (Lipinski definition) is 3. The van der Waals surface area contributed by atoms with Gasteiger partial charge in [0.2, 0.25) is 0 Å². The molecule has 0 radical (unpaired) electrons. The molecule has 2 rings (SSSR count). The van der Waals surface area contributed by atoms with Crippen LogP contribution in [-0.2, 0) is 6.42 Å². The average Bonchev–Trinajstić information content (AvgIpc) is 2.42. The number of para-hydroxylation sites is 1. The van der Waals surface area contributed by atoms with Gasteiger partial charge in [-0.05, 0) is 31.5 Å². The molecule has 0 fully saturated rings. The topological polar surface area (TPSA) is 33.3 Å². The van der Waals surface area contributed by atoms with E-state index in [1.165, 1.54) is 5.56 Å². The molecule has 1 aromatic rings. The summed E-state index contributed by atoms with van der Waals surface area (Å²) in [5, 5.41) is 6.93. The largest absolute Gasteiger partial charge is 0.493 e. The van der Waals surface area contributed by atoms with Crippen molar-refractivity contribution in [2.24, 2.45) is 5.92 Å². The lowest BCUT2D eigenvalue weighted by atomic mass is 9.96. The summed E-state index contributed by atoms with van der Waals surface area (Å²) in [5.74, 6) is 1.65. The van der Waals surface area contributed by atoms with Gasteiger partial charge in [-0.1, -0.05) is 25.1 Å². The number of nitrogens with one attached hydrogen (secondary N) is 2. The highest BCUT2D eigenvalue weighted by Crippen LogP contribution is 2.26. The molecule has 0 aromatic heterocycles. The molecular formula is C15H24N2O. The van der Waals surface area contributed by atoms with Gasteiger partial charge in [0, 0.05) is 25.0 Å². The molecule has 18 heavy (non-hydrogen) atoms. The minimum atomic E-state index is 0.516. The van der Waals surface area contributed by atoms with E-state index in [0.717, 1.165) is 38.4 Å². The van der Waals surface area contributed by atoms with Gasteiger partial charge in [0.05, 0.1) is 6.61 Å². The van der Waals surface area contributed by atoms with Crippen molar-refractivity contribution in [1.29, 1.82) is 0 Å². The molecule has 1 aliphatic rings. The Bertz CT molecular complexity index is 367. The normalized spacial score (nSPS) is 20.0. The van der Waals surface area contributed by atoms with Crippen molar-refractivity contribution >= 4 is 0 Å². The Labute approximate surface area is 110 Å². The molecule has 0 bridgehead atoms.